The highest BCUT2D eigenvalue weighted by Crippen LogP contribution is 2.25. The normalized spacial score (nSPS) is 10.7. The zero-order valence-corrected chi connectivity index (χ0v) is 12.8. The van der Waals surface area contributed by atoms with Gasteiger partial charge >= 0.3 is 0 Å². The van der Waals surface area contributed by atoms with E-state index in [0.29, 0.717) is 22.0 Å². The van der Waals surface area contributed by atoms with Crippen molar-refractivity contribution in [2.75, 3.05) is 0 Å². The number of fused-ring (bicyclic) bond motifs is 1. The number of nitrogens with zero attached hydrogens (tertiary/aromatic N) is 1. The van der Waals surface area contributed by atoms with Crippen molar-refractivity contribution in [1.82, 2.24) is 4.98 Å². The van der Waals surface area contributed by atoms with Crippen LogP contribution in [-0.4, -0.2) is 15.7 Å². The Morgan fingerprint density at radius 2 is 2.00 bits per heavy atom. The second-order valence-corrected chi connectivity index (χ2v) is 5.77. The van der Waals surface area contributed by atoms with Crippen LogP contribution in [0.25, 0.3) is 10.9 Å². The van der Waals surface area contributed by atoms with Crippen LogP contribution in [0.3, 0.4) is 0 Å². The highest BCUT2D eigenvalue weighted by atomic mass is 127. The van der Waals surface area contributed by atoms with Crippen molar-refractivity contribution < 1.29 is 9.72 Å². The first-order valence-electron chi connectivity index (χ1n) is 6.12. The van der Waals surface area contributed by atoms with Gasteiger partial charge in [0.2, 0.25) is 0 Å². The molecule has 1 aromatic heterocycles. The average Bonchev–Trinajstić information content (AvgIpc) is 2.89. The van der Waals surface area contributed by atoms with Gasteiger partial charge in [-0.1, -0.05) is 12.1 Å². The number of carbonyl (C=O) groups excluding carboxylic acids is 1. The molecule has 0 amide bonds. The van der Waals surface area contributed by atoms with Crippen LogP contribution in [-0.2, 0) is 0 Å². The number of H-pyrrole nitrogens is 1. The van der Waals surface area contributed by atoms with Crippen molar-refractivity contribution >= 4 is 45.0 Å². The Kier molecular flexibility index (Phi) is 3.46. The Labute approximate surface area is 133 Å². The number of ketones is 1. The van der Waals surface area contributed by atoms with Gasteiger partial charge in [0, 0.05) is 38.4 Å². The van der Waals surface area contributed by atoms with Crippen molar-refractivity contribution in [1.29, 1.82) is 0 Å². The minimum Gasteiger partial charge on any atom is -0.360 e. The number of hydrogen-bond acceptors (Lipinski definition) is 3. The molecule has 0 fully saturated rings. The first-order valence-corrected chi connectivity index (χ1v) is 7.20. The fourth-order valence-corrected chi connectivity index (χ4v) is 2.74. The molecule has 0 saturated heterocycles. The van der Waals surface area contributed by atoms with E-state index in [4.69, 9.17) is 0 Å². The summed E-state index contributed by atoms with van der Waals surface area (Å²) in [4.78, 5) is 25.8. The Balaban J connectivity index is 2.09. The Morgan fingerprint density at radius 1 is 1.19 bits per heavy atom. The number of aromatic amines is 1. The number of rotatable bonds is 3. The molecular formula is C15H9IN2O3. The minimum absolute atomic E-state index is 0.00221. The molecule has 0 unspecified atom stereocenters. The number of nitrogens with one attached hydrogen (secondary N) is 1. The molecule has 3 aromatic rings. The first kappa shape index (κ1) is 13.7. The summed E-state index contributed by atoms with van der Waals surface area (Å²) >= 11 is 2.15. The van der Waals surface area contributed by atoms with E-state index >= 15 is 0 Å². The number of carbonyl (C=O) groups is 1. The van der Waals surface area contributed by atoms with Gasteiger partial charge in [0.15, 0.2) is 5.78 Å². The molecular weight excluding hydrogens is 383 g/mol. The van der Waals surface area contributed by atoms with Gasteiger partial charge in [-0.2, -0.15) is 0 Å². The number of nitro benzene ring substituents is 1. The molecule has 2 aromatic carbocycles. The summed E-state index contributed by atoms with van der Waals surface area (Å²) in [6.07, 6.45) is 1.59. The molecule has 0 spiro atoms. The quantitative estimate of drug-likeness (QED) is 0.318. The van der Waals surface area contributed by atoms with E-state index < -0.39 is 4.92 Å². The predicted molar refractivity (Wildman–Crippen MR) is 87.5 cm³/mol. The smallest absolute Gasteiger partial charge is 0.271 e. The topological polar surface area (TPSA) is 76.0 Å². The second-order valence-electron chi connectivity index (χ2n) is 4.53. The third-order valence-corrected chi connectivity index (χ3v) is 3.88. The van der Waals surface area contributed by atoms with Crippen LogP contribution >= 0.6 is 22.6 Å². The van der Waals surface area contributed by atoms with Crippen LogP contribution in [0.1, 0.15) is 15.9 Å². The fraction of sp³-hybridized carbons (Fsp3) is 0. The van der Waals surface area contributed by atoms with E-state index in [-0.39, 0.29) is 11.5 Å². The number of non-ortho nitro benzene ring substituents is 1. The van der Waals surface area contributed by atoms with Gasteiger partial charge in [0.1, 0.15) is 0 Å². The molecule has 1 heterocycles. The lowest BCUT2D eigenvalue weighted by Crippen LogP contribution is -2.00. The van der Waals surface area contributed by atoms with Crippen LogP contribution in [0.2, 0.25) is 0 Å². The van der Waals surface area contributed by atoms with E-state index in [1.54, 1.807) is 18.3 Å². The third-order valence-electron chi connectivity index (χ3n) is 3.21. The molecule has 0 bridgehead atoms. The monoisotopic (exact) mass is 392 g/mol. The maximum atomic E-state index is 12.5. The summed E-state index contributed by atoms with van der Waals surface area (Å²) in [6, 6.07) is 11.8. The van der Waals surface area contributed by atoms with E-state index in [0.717, 1.165) is 3.57 Å². The third kappa shape index (κ3) is 2.54. The molecule has 0 radical (unpaired) electrons. The summed E-state index contributed by atoms with van der Waals surface area (Å²) in [7, 11) is 0. The number of nitro groups is 1. The van der Waals surface area contributed by atoms with Crippen LogP contribution in [0.5, 0.6) is 0 Å². The van der Waals surface area contributed by atoms with Gasteiger partial charge in [0.05, 0.1) is 10.4 Å². The van der Waals surface area contributed by atoms with Gasteiger partial charge in [-0.15, -0.1) is 0 Å². The van der Waals surface area contributed by atoms with E-state index in [9.17, 15) is 14.9 Å². The van der Waals surface area contributed by atoms with Gasteiger partial charge < -0.3 is 4.98 Å². The molecule has 21 heavy (non-hydrogen) atoms. The van der Waals surface area contributed by atoms with Gasteiger partial charge in [-0.3, -0.25) is 14.9 Å². The number of hydrogen-bond donors (Lipinski definition) is 1. The number of aromatic nitrogens is 1. The molecule has 0 saturated carbocycles. The van der Waals surface area contributed by atoms with Crippen LogP contribution in [0.4, 0.5) is 5.69 Å². The van der Waals surface area contributed by atoms with Crippen molar-refractivity contribution in [3.8, 4) is 0 Å². The summed E-state index contributed by atoms with van der Waals surface area (Å²) in [5.74, 6) is -0.103. The molecule has 104 valence electrons. The molecule has 0 atom stereocenters. The second kappa shape index (κ2) is 5.28. The number of halogens is 1. The molecule has 0 aliphatic carbocycles. The Hall–Kier alpha value is -2.22. The predicted octanol–water partition coefficient (Wildman–Crippen LogP) is 3.91. The molecule has 1 N–H and O–H groups in total. The maximum absolute atomic E-state index is 12.5. The lowest BCUT2D eigenvalue weighted by atomic mass is 10.0. The molecule has 0 aliphatic rings. The van der Waals surface area contributed by atoms with E-state index in [2.05, 4.69) is 27.6 Å². The Bertz CT molecular complexity index is 870. The van der Waals surface area contributed by atoms with Crippen molar-refractivity contribution in [3.05, 3.63) is 73.5 Å². The lowest BCUT2D eigenvalue weighted by Gasteiger charge is -2.00. The summed E-state index contributed by atoms with van der Waals surface area (Å²) < 4.78 is 0.980. The highest BCUT2D eigenvalue weighted by Gasteiger charge is 2.16. The molecule has 0 aliphatic heterocycles. The van der Waals surface area contributed by atoms with Crippen LogP contribution in [0, 0.1) is 13.7 Å². The van der Waals surface area contributed by atoms with Crippen molar-refractivity contribution in [2.24, 2.45) is 0 Å². The summed E-state index contributed by atoms with van der Waals surface area (Å²) in [5.41, 5.74) is 1.69. The summed E-state index contributed by atoms with van der Waals surface area (Å²) in [6.45, 7) is 0. The van der Waals surface area contributed by atoms with Crippen molar-refractivity contribution in [3.63, 3.8) is 0 Å². The fourth-order valence-electron chi connectivity index (χ4n) is 2.20. The van der Waals surface area contributed by atoms with E-state index in [1.807, 2.05) is 18.2 Å². The standard InChI is InChI=1S/C15H9IN2O3/c16-10-3-1-2-9(6-10)15(19)13-8-17-14-7-11(18(20)21)4-5-12(13)14/h1-8,17H. The Morgan fingerprint density at radius 3 is 2.71 bits per heavy atom. The van der Waals surface area contributed by atoms with Gasteiger partial charge in [-0.25, -0.2) is 0 Å². The maximum Gasteiger partial charge on any atom is 0.271 e. The summed E-state index contributed by atoms with van der Waals surface area (Å²) in [5, 5.41) is 11.5. The van der Waals surface area contributed by atoms with E-state index in [1.165, 1.54) is 12.1 Å². The molecule has 3 rings (SSSR count). The van der Waals surface area contributed by atoms with Crippen molar-refractivity contribution in [2.45, 2.75) is 0 Å². The van der Waals surface area contributed by atoms with Gasteiger partial charge in [0.25, 0.3) is 5.69 Å². The molecule has 6 heteroatoms. The molecule has 5 nitrogen and oxygen atoms in total. The van der Waals surface area contributed by atoms with Gasteiger partial charge in [-0.05, 0) is 40.8 Å². The first-order chi connectivity index (χ1) is 10.1. The highest BCUT2D eigenvalue weighted by molar-refractivity contribution is 14.1. The van der Waals surface area contributed by atoms with Crippen LogP contribution in [0.15, 0.2) is 48.7 Å². The lowest BCUT2D eigenvalue weighted by molar-refractivity contribution is -0.384. The minimum atomic E-state index is -0.457. The zero-order valence-electron chi connectivity index (χ0n) is 10.7. The SMILES string of the molecule is O=C(c1cccc(I)c1)c1c[nH]c2cc([N+](=O)[O-])ccc12. The van der Waals surface area contributed by atoms with Crippen LogP contribution < -0.4 is 0 Å². The zero-order chi connectivity index (χ0) is 15.0. The largest absolute Gasteiger partial charge is 0.360 e. The average molecular weight is 392 g/mol. The number of benzene rings is 2.